The number of piperidine rings is 1. The van der Waals surface area contributed by atoms with Crippen molar-refractivity contribution in [2.45, 2.75) is 18.9 Å². The molecule has 0 atom stereocenters. The molecule has 0 radical (unpaired) electrons. The van der Waals surface area contributed by atoms with Crippen molar-refractivity contribution < 1.29 is 18.3 Å². The average molecular weight is 258 g/mol. The fourth-order valence-electron chi connectivity index (χ4n) is 1.57. The van der Waals surface area contributed by atoms with Crippen LogP contribution in [0.3, 0.4) is 0 Å². The van der Waals surface area contributed by atoms with Gasteiger partial charge in [0, 0.05) is 13.1 Å². The summed E-state index contributed by atoms with van der Waals surface area (Å²) in [7, 11) is -3.27. The van der Waals surface area contributed by atoms with Gasteiger partial charge in [-0.25, -0.2) is 12.7 Å². The van der Waals surface area contributed by atoms with Gasteiger partial charge in [-0.1, -0.05) is 0 Å². The average Bonchev–Trinajstić information content (AvgIpc) is 2.27. The Morgan fingerprint density at radius 1 is 1.40 bits per heavy atom. The number of ether oxygens (including phenoxy) is 1. The van der Waals surface area contributed by atoms with Gasteiger partial charge in [-0.3, -0.25) is 0 Å². The lowest BCUT2D eigenvalue weighted by Gasteiger charge is -2.30. The van der Waals surface area contributed by atoms with E-state index in [2.05, 4.69) is 0 Å². The maximum absolute atomic E-state index is 11.4. The number of rotatable bonds is 5. The molecule has 0 amide bonds. The summed E-state index contributed by atoms with van der Waals surface area (Å²) in [6.45, 7) is 1.21. The van der Waals surface area contributed by atoms with E-state index < -0.39 is 10.0 Å². The summed E-state index contributed by atoms with van der Waals surface area (Å²) in [5, 5.41) is 8.20. The van der Waals surface area contributed by atoms with E-state index in [4.69, 9.17) is 21.4 Å². The molecule has 90 valence electrons. The Kier molecular flexibility index (Phi) is 5.28. The van der Waals surface area contributed by atoms with E-state index in [0.29, 0.717) is 32.5 Å². The smallest absolute Gasteiger partial charge is 0.228 e. The van der Waals surface area contributed by atoms with Gasteiger partial charge in [-0.15, -0.1) is 11.6 Å². The van der Waals surface area contributed by atoms with E-state index in [1.54, 1.807) is 0 Å². The number of nitrogens with zero attached hydrogens (tertiary/aromatic N) is 1. The fraction of sp³-hybridized carbons (Fsp3) is 1.00. The largest absolute Gasteiger partial charge is 0.394 e. The lowest BCUT2D eigenvalue weighted by molar-refractivity contribution is 0.00324. The van der Waals surface area contributed by atoms with Crippen molar-refractivity contribution in [3.05, 3.63) is 0 Å². The van der Waals surface area contributed by atoms with Crippen LogP contribution < -0.4 is 0 Å². The normalized spacial score (nSPS) is 20.7. The first kappa shape index (κ1) is 13.2. The number of hydrogen-bond donors (Lipinski definition) is 1. The Bertz CT molecular complexity index is 274. The second-order valence-electron chi connectivity index (χ2n) is 3.41. The van der Waals surface area contributed by atoms with E-state index in [-0.39, 0.29) is 17.9 Å². The van der Waals surface area contributed by atoms with E-state index in [0.717, 1.165) is 0 Å². The van der Waals surface area contributed by atoms with Crippen LogP contribution in [0.4, 0.5) is 0 Å². The monoisotopic (exact) mass is 257 g/mol. The SMILES string of the molecule is O=S(=O)(CCl)N1CCC(OCCO)CC1. The van der Waals surface area contributed by atoms with E-state index in [1.165, 1.54) is 4.31 Å². The summed E-state index contributed by atoms with van der Waals surface area (Å²) in [5.41, 5.74) is 0. The maximum Gasteiger partial charge on any atom is 0.228 e. The Labute approximate surface area is 95.0 Å². The Hall–Kier alpha value is 0.120. The first-order valence-corrected chi connectivity index (χ1v) is 7.01. The zero-order valence-corrected chi connectivity index (χ0v) is 10.0. The van der Waals surface area contributed by atoms with E-state index >= 15 is 0 Å². The molecule has 0 aromatic heterocycles. The van der Waals surface area contributed by atoms with Gasteiger partial charge in [0.2, 0.25) is 10.0 Å². The van der Waals surface area contributed by atoms with Crippen molar-refractivity contribution in [1.29, 1.82) is 0 Å². The summed E-state index contributed by atoms with van der Waals surface area (Å²) in [5.74, 6) is 0. The number of halogens is 1. The molecular weight excluding hydrogens is 242 g/mol. The summed E-state index contributed by atoms with van der Waals surface area (Å²) in [6.07, 6.45) is 1.38. The quantitative estimate of drug-likeness (QED) is 0.704. The first-order chi connectivity index (χ1) is 7.10. The molecule has 1 N–H and O–H groups in total. The lowest BCUT2D eigenvalue weighted by atomic mass is 10.1. The number of aliphatic hydroxyl groups excluding tert-OH is 1. The van der Waals surface area contributed by atoms with Crippen molar-refractivity contribution in [3.63, 3.8) is 0 Å². The molecule has 1 rings (SSSR count). The Balaban J connectivity index is 2.36. The molecule has 1 heterocycles. The topological polar surface area (TPSA) is 66.8 Å². The summed E-state index contributed by atoms with van der Waals surface area (Å²) >= 11 is 5.35. The maximum atomic E-state index is 11.4. The minimum atomic E-state index is -3.27. The van der Waals surface area contributed by atoms with Gasteiger partial charge in [0.1, 0.15) is 5.21 Å². The van der Waals surface area contributed by atoms with Crippen LogP contribution in [0.25, 0.3) is 0 Å². The van der Waals surface area contributed by atoms with Gasteiger partial charge in [-0.05, 0) is 12.8 Å². The van der Waals surface area contributed by atoms with Crippen LogP contribution in [0.1, 0.15) is 12.8 Å². The predicted molar refractivity (Wildman–Crippen MR) is 57.3 cm³/mol. The zero-order valence-electron chi connectivity index (χ0n) is 8.43. The Morgan fingerprint density at radius 2 is 2.00 bits per heavy atom. The zero-order chi connectivity index (χ0) is 11.3. The molecule has 7 heteroatoms. The van der Waals surface area contributed by atoms with Crippen LogP contribution in [-0.2, 0) is 14.8 Å². The first-order valence-electron chi connectivity index (χ1n) is 4.86. The lowest BCUT2D eigenvalue weighted by Crippen LogP contribution is -2.41. The molecule has 0 aliphatic carbocycles. The highest BCUT2D eigenvalue weighted by Crippen LogP contribution is 2.17. The van der Waals surface area contributed by atoms with Crippen LogP contribution in [0, 0.1) is 0 Å². The van der Waals surface area contributed by atoms with Gasteiger partial charge in [0.15, 0.2) is 0 Å². The number of alkyl halides is 1. The fourth-order valence-corrected chi connectivity index (χ4v) is 2.88. The van der Waals surface area contributed by atoms with Gasteiger partial charge in [0.25, 0.3) is 0 Å². The van der Waals surface area contributed by atoms with Gasteiger partial charge >= 0.3 is 0 Å². The summed E-state index contributed by atoms with van der Waals surface area (Å²) in [4.78, 5) is 0. The molecule has 1 aliphatic heterocycles. The van der Waals surface area contributed by atoms with Crippen LogP contribution >= 0.6 is 11.6 Å². The molecule has 15 heavy (non-hydrogen) atoms. The third-order valence-corrected chi connectivity index (χ3v) is 4.63. The minimum Gasteiger partial charge on any atom is -0.394 e. The van der Waals surface area contributed by atoms with Crippen molar-refractivity contribution in [2.24, 2.45) is 0 Å². The van der Waals surface area contributed by atoms with E-state index in [1.807, 2.05) is 0 Å². The summed E-state index contributed by atoms with van der Waals surface area (Å²) in [6, 6.07) is 0. The molecule has 0 aromatic rings. The minimum absolute atomic E-state index is 0.000191. The second kappa shape index (κ2) is 6.00. The number of aliphatic hydroxyl groups is 1. The Morgan fingerprint density at radius 3 is 2.47 bits per heavy atom. The highest BCUT2D eigenvalue weighted by molar-refractivity contribution is 7.90. The van der Waals surface area contributed by atoms with Gasteiger partial charge in [0.05, 0.1) is 19.3 Å². The van der Waals surface area contributed by atoms with E-state index in [9.17, 15) is 8.42 Å². The second-order valence-corrected chi connectivity index (χ2v) is 5.97. The summed E-state index contributed by atoms with van der Waals surface area (Å²) < 4.78 is 29.5. The third kappa shape index (κ3) is 3.88. The molecule has 1 saturated heterocycles. The molecular formula is C8H16ClNO4S. The highest BCUT2D eigenvalue weighted by Gasteiger charge is 2.27. The van der Waals surface area contributed by atoms with Crippen molar-refractivity contribution in [2.75, 3.05) is 31.5 Å². The molecule has 0 aromatic carbocycles. The standard InChI is InChI=1S/C8H16ClNO4S/c9-7-15(12,13)10-3-1-8(2-4-10)14-6-5-11/h8,11H,1-7H2. The molecule has 5 nitrogen and oxygen atoms in total. The van der Waals surface area contributed by atoms with Crippen LogP contribution in [0.2, 0.25) is 0 Å². The van der Waals surface area contributed by atoms with Crippen LogP contribution in [0.5, 0.6) is 0 Å². The van der Waals surface area contributed by atoms with Gasteiger partial charge < -0.3 is 9.84 Å². The van der Waals surface area contributed by atoms with Crippen molar-refractivity contribution in [3.8, 4) is 0 Å². The molecule has 1 fully saturated rings. The van der Waals surface area contributed by atoms with Crippen molar-refractivity contribution in [1.82, 2.24) is 4.31 Å². The van der Waals surface area contributed by atoms with Gasteiger partial charge in [-0.2, -0.15) is 0 Å². The number of hydrogen-bond acceptors (Lipinski definition) is 4. The third-order valence-electron chi connectivity index (χ3n) is 2.38. The molecule has 0 spiro atoms. The predicted octanol–water partition coefficient (Wildman–Crippen LogP) is -0.0142. The molecule has 1 aliphatic rings. The molecule has 0 unspecified atom stereocenters. The molecule has 0 saturated carbocycles. The molecule has 0 bridgehead atoms. The van der Waals surface area contributed by atoms with Crippen LogP contribution in [-0.4, -0.2) is 55.4 Å². The highest BCUT2D eigenvalue weighted by atomic mass is 35.5. The number of sulfonamides is 1. The van der Waals surface area contributed by atoms with Crippen molar-refractivity contribution >= 4 is 21.6 Å². The van der Waals surface area contributed by atoms with Crippen LogP contribution in [0.15, 0.2) is 0 Å².